The van der Waals surface area contributed by atoms with Crippen LogP contribution in [0.1, 0.15) is 11.1 Å². The predicted octanol–water partition coefficient (Wildman–Crippen LogP) is 2.07. The van der Waals surface area contributed by atoms with Crippen LogP contribution in [0.3, 0.4) is 0 Å². The molecule has 0 radical (unpaired) electrons. The van der Waals surface area contributed by atoms with E-state index in [2.05, 4.69) is 17.6 Å². The number of carbonyl (C=O) groups excluding carboxylic acids is 1. The SMILES string of the molecule is Cc1ccc(OCC(=O)NCCc2ccn(C)c2)cc1. The number of ether oxygens (including phenoxy) is 1. The van der Waals surface area contributed by atoms with Crippen molar-refractivity contribution in [1.82, 2.24) is 9.88 Å². The maximum absolute atomic E-state index is 11.6. The van der Waals surface area contributed by atoms with Crippen LogP contribution in [0.4, 0.5) is 0 Å². The molecule has 106 valence electrons. The summed E-state index contributed by atoms with van der Waals surface area (Å²) in [6.45, 7) is 2.69. The van der Waals surface area contributed by atoms with E-state index in [0.717, 1.165) is 6.42 Å². The molecule has 4 nitrogen and oxygen atoms in total. The Hall–Kier alpha value is -2.23. The zero-order valence-electron chi connectivity index (χ0n) is 11.9. The minimum absolute atomic E-state index is 0.0534. The molecule has 1 aromatic heterocycles. The fraction of sp³-hybridized carbons (Fsp3) is 0.312. The van der Waals surface area contributed by atoms with Gasteiger partial charge in [0.2, 0.25) is 0 Å². The number of rotatable bonds is 6. The third-order valence-corrected chi connectivity index (χ3v) is 3.02. The highest BCUT2D eigenvalue weighted by atomic mass is 16.5. The first kappa shape index (κ1) is 14.2. The van der Waals surface area contributed by atoms with Gasteiger partial charge in [-0.1, -0.05) is 17.7 Å². The van der Waals surface area contributed by atoms with Crippen molar-refractivity contribution in [3.63, 3.8) is 0 Å². The second kappa shape index (κ2) is 6.80. The molecule has 20 heavy (non-hydrogen) atoms. The smallest absolute Gasteiger partial charge is 0.257 e. The molecule has 0 aliphatic heterocycles. The van der Waals surface area contributed by atoms with Crippen LogP contribution in [-0.4, -0.2) is 23.6 Å². The van der Waals surface area contributed by atoms with Crippen LogP contribution >= 0.6 is 0 Å². The van der Waals surface area contributed by atoms with Crippen LogP contribution < -0.4 is 10.1 Å². The van der Waals surface area contributed by atoms with Gasteiger partial charge in [-0.05, 0) is 37.1 Å². The van der Waals surface area contributed by atoms with E-state index in [-0.39, 0.29) is 12.5 Å². The van der Waals surface area contributed by atoms with Gasteiger partial charge in [0, 0.05) is 26.0 Å². The minimum atomic E-state index is -0.0958. The Morgan fingerprint density at radius 1 is 1.25 bits per heavy atom. The van der Waals surface area contributed by atoms with Crippen LogP contribution in [0.2, 0.25) is 0 Å². The van der Waals surface area contributed by atoms with E-state index in [1.165, 1.54) is 11.1 Å². The van der Waals surface area contributed by atoms with E-state index >= 15 is 0 Å². The number of amides is 1. The van der Waals surface area contributed by atoms with Crippen LogP contribution in [0, 0.1) is 6.92 Å². The summed E-state index contributed by atoms with van der Waals surface area (Å²) >= 11 is 0. The summed E-state index contributed by atoms with van der Waals surface area (Å²) in [6, 6.07) is 9.71. The van der Waals surface area contributed by atoms with Crippen molar-refractivity contribution < 1.29 is 9.53 Å². The van der Waals surface area contributed by atoms with E-state index in [0.29, 0.717) is 12.3 Å². The average Bonchev–Trinajstić information content (AvgIpc) is 2.84. The number of aromatic nitrogens is 1. The van der Waals surface area contributed by atoms with Crippen molar-refractivity contribution in [2.24, 2.45) is 7.05 Å². The summed E-state index contributed by atoms with van der Waals surface area (Å²) < 4.78 is 7.41. The molecule has 0 fully saturated rings. The lowest BCUT2D eigenvalue weighted by molar-refractivity contribution is -0.123. The third kappa shape index (κ3) is 4.46. The molecule has 0 aliphatic carbocycles. The highest BCUT2D eigenvalue weighted by molar-refractivity contribution is 5.77. The van der Waals surface area contributed by atoms with E-state index < -0.39 is 0 Å². The number of carbonyl (C=O) groups is 1. The lowest BCUT2D eigenvalue weighted by Gasteiger charge is -2.07. The largest absolute Gasteiger partial charge is 0.484 e. The summed E-state index contributed by atoms with van der Waals surface area (Å²) in [6.07, 6.45) is 4.88. The standard InChI is InChI=1S/C16H20N2O2/c1-13-3-5-15(6-4-13)20-12-16(19)17-9-7-14-8-10-18(2)11-14/h3-6,8,10-11H,7,9,12H2,1-2H3,(H,17,19). The highest BCUT2D eigenvalue weighted by Gasteiger charge is 2.02. The number of benzene rings is 1. The Morgan fingerprint density at radius 3 is 2.65 bits per heavy atom. The molecule has 1 aromatic carbocycles. The second-order valence-electron chi connectivity index (χ2n) is 4.89. The average molecular weight is 272 g/mol. The summed E-state index contributed by atoms with van der Waals surface area (Å²) in [5.41, 5.74) is 2.39. The van der Waals surface area contributed by atoms with Crippen LogP contribution in [0.25, 0.3) is 0 Å². The number of hydrogen-bond acceptors (Lipinski definition) is 2. The molecular formula is C16H20N2O2. The number of hydrogen-bond donors (Lipinski definition) is 1. The summed E-state index contributed by atoms with van der Waals surface area (Å²) in [5, 5.41) is 2.85. The molecule has 4 heteroatoms. The van der Waals surface area contributed by atoms with Crippen LogP contribution in [0.5, 0.6) is 5.75 Å². The maximum atomic E-state index is 11.6. The first-order valence-electron chi connectivity index (χ1n) is 6.70. The molecule has 0 aliphatic rings. The van der Waals surface area contributed by atoms with Crippen molar-refractivity contribution in [3.8, 4) is 5.75 Å². The topological polar surface area (TPSA) is 43.3 Å². The Morgan fingerprint density at radius 2 is 2.00 bits per heavy atom. The summed E-state index contributed by atoms with van der Waals surface area (Å²) in [7, 11) is 1.98. The molecule has 0 bridgehead atoms. The Bertz CT molecular complexity index is 558. The van der Waals surface area contributed by atoms with Gasteiger partial charge in [0.1, 0.15) is 5.75 Å². The number of nitrogens with zero attached hydrogens (tertiary/aromatic N) is 1. The van der Waals surface area contributed by atoms with Gasteiger partial charge in [0.25, 0.3) is 5.91 Å². The molecule has 0 saturated heterocycles. The molecule has 1 heterocycles. The van der Waals surface area contributed by atoms with E-state index in [1.807, 2.05) is 49.0 Å². The fourth-order valence-electron chi connectivity index (χ4n) is 1.89. The zero-order chi connectivity index (χ0) is 14.4. The molecule has 0 saturated carbocycles. The molecule has 1 amide bonds. The van der Waals surface area contributed by atoms with Crippen molar-refractivity contribution >= 4 is 5.91 Å². The van der Waals surface area contributed by atoms with Gasteiger partial charge in [0.05, 0.1) is 0 Å². The maximum Gasteiger partial charge on any atom is 0.257 e. The van der Waals surface area contributed by atoms with Crippen LogP contribution in [0.15, 0.2) is 42.7 Å². The lowest BCUT2D eigenvalue weighted by Crippen LogP contribution is -2.30. The minimum Gasteiger partial charge on any atom is -0.484 e. The predicted molar refractivity (Wildman–Crippen MR) is 78.8 cm³/mol. The summed E-state index contributed by atoms with van der Waals surface area (Å²) in [5.74, 6) is 0.621. The first-order chi connectivity index (χ1) is 9.63. The van der Waals surface area contributed by atoms with E-state index in [4.69, 9.17) is 4.74 Å². The van der Waals surface area contributed by atoms with Crippen molar-refractivity contribution in [2.45, 2.75) is 13.3 Å². The zero-order valence-corrected chi connectivity index (χ0v) is 11.9. The molecule has 2 aromatic rings. The molecular weight excluding hydrogens is 252 g/mol. The normalized spacial score (nSPS) is 10.3. The van der Waals surface area contributed by atoms with Gasteiger partial charge >= 0.3 is 0 Å². The molecule has 0 unspecified atom stereocenters. The van der Waals surface area contributed by atoms with Crippen molar-refractivity contribution in [2.75, 3.05) is 13.2 Å². The first-order valence-corrected chi connectivity index (χ1v) is 6.70. The second-order valence-corrected chi connectivity index (χ2v) is 4.89. The Labute approximate surface area is 119 Å². The third-order valence-electron chi connectivity index (χ3n) is 3.02. The van der Waals surface area contributed by atoms with Crippen molar-refractivity contribution in [3.05, 3.63) is 53.9 Å². The molecule has 0 atom stereocenters. The number of nitrogens with one attached hydrogen (secondary N) is 1. The lowest BCUT2D eigenvalue weighted by atomic mass is 10.2. The van der Waals surface area contributed by atoms with Crippen LogP contribution in [-0.2, 0) is 18.3 Å². The number of aryl methyl sites for hydroxylation is 2. The van der Waals surface area contributed by atoms with Gasteiger partial charge in [0.15, 0.2) is 6.61 Å². The fourth-order valence-corrected chi connectivity index (χ4v) is 1.89. The molecule has 0 spiro atoms. The van der Waals surface area contributed by atoms with Gasteiger partial charge in [-0.25, -0.2) is 0 Å². The quantitative estimate of drug-likeness (QED) is 0.875. The van der Waals surface area contributed by atoms with E-state index in [9.17, 15) is 4.79 Å². The van der Waals surface area contributed by atoms with Gasteiger partial charge in [-0.15, -0.1) is 0 Å². The van der Waals surface area contributed by atoms with Gasteiger partial charge in [-0.3, -0.25) is 4.79 Å². The van der Waals surface area contributed by atoms with Crippen molar-refractivity contribution in [1.29, 1.82) is 0 Å². The monoisotopic (exact) mass is 272 g/mol. The molecule has 2 rings (SSSR count). The summed E-state index contributed by atoms with van der Waals surface area (Å²) in [4.78, 5) is 11.6. The Balaban J connectivity index is 1.66. The Kier molecular flexibility index (Phi) is 4.82. The van der Waals surface area contributed by atoms with Gasteiger partial charge in [-0.2, -0.15) is 0 Å². The van der Waals surface area contributed by atoms with Gasteiger partial charge < -0.3 is 14.6 Å². The molecule has 1 N–H and O–H groups in total. The van der Waals surface area contributed by atoms with E-state index in [1.54, 1.807) is 0 Å². The highest BCUT2D eigenvalue weighted by Crippen LogP contribution is 2.10.